The molecule has 0 atom stereocenters. The number of carbonyl (C=O) groups excluding carboxylic acids is 1. The number of carbonyl (C=O) groups is 1. The van der Waals surface area contributed by atoms with Crippen LogP contribution in [-0.2, 0) is 7.05 Å². The Morgan fingerprint density at radius 1 is 1.39 bits per heavy atom. The van der Waals surface area contributed by atoms with E-state index in [-0.39, 0.29) is 19.2 Å². The Labute approximate surface area is 132 Å². The Morgan fingerprint density at radius 2 is 2.22 bits per heavy atom. The number of imidazole rings is 1. The van der Waals surface area contributed by atoms with Crippen LogP contribution in [0.5, 0.6) is 0 Å². The fourth-order valence-corrected chi connectivity index (χ4v) is 2.69. The summed E-state index contributed by atoms with van der Waals surface area (Å²) in [4.78, 5) is 22.9. The first-order valence-corrected chi connectivity index (χ1v) is 7.03. The van der Waals surface area contributed by atoms with Gasteiger partial charge in [-0.3, -0.25) is 9.89 Å². The Balaban J connectivity index is 1.75. The summed E-state index contributed by atoms with van der Waals surface area (Å²) < 4.78 is 1.94. The van der Waals surface area contributed by atoms with E-state index < -0.39 is 0 Å². The van der Waals surface area contributed by atoms with Gasteiger partial charge in [0.1, 0.15) is 18.9 Å². The summed E-state index contributed by atoms with van der Waals surface area (Å²) in [6.07, 6.45) is 5.25. The zero-order chi connectivity index (χ0) is 16.0. The molecule has 4 rings (SSSR count). The molecular formula is C15H13N7O. The van der Waals surface area contributed by atoms with Crippen LogP contribution < -0.4 is 5.53 Å². The lowest BCUT2D eigenvalue weighted by atomic mass is 10.3. The van der Waals surface area contributed by atoms with Crippen LogP contribution in [0.15, 0.2) is 34.4 Å². The molecule has 8 nitrogen and oxygen atoms in total. The Morgan fingerprint density at radius 3 is 3.00 bits per heavy atom. The number of hydrazine groups is 1. The number of aliphatic imine (C=N–C) groups is 1. The van der Waals surface area contributed by atoms with Gasteiger partial charge in [-0.15, -0.1) is 11.5 Å². The average Bonchev–Trinajstić information content (AvgIpc) is 3.12. The molecular weight excluding hydrogens is 294 g/mol. The van der Waals surface area contributed by atoms with Gasteiger partial charge in [0.15, 0.2) is 11.7 Å². The van der Waals surface area contributed by atoms with E-state index in [4.69, 9.17) is 6.42 Å². The minimum absolute atomic E-state index is 0.133. The number of fused-ring (bicyclic) bond motifs is 2. The van der Waals surface area contributed by atoms with Crippen molar-refractivity contribution in [3.8, 4) is 12.3 Å². The number of rotatable bonds is 2. The van der Waals surface area contributed by atoms with E-state index in [0.717, 1.165) is 11.0 Å². The highest BCUT2D eigenvalue weighted by Crippen LogP contribution is 2.20. The van der Waals surface area contributed by atoms with Gasteiger partial charge >= 0.3 is 6.03 Å². The Bertz CT molecular complexity index is 918. The molecule has 1 N–H and O–H groups in total. The van der Waals surface area contributed by atoms with Crippen LogP contribution in [0.1, 0.15) is 5.82 Å². The summed E-state index contributed by atoms with van der Waals surface area (Å²) in [5.41, 5.74) is 5.12. The molecule has 0 bridgehead atoms. The number of hydrazone groups is 1. The number of terminal acetylenes is 1. The average molecular weight is 307 g/mol. The van der Waals surface area contributed by atoms with Crippen molar-refractivity contribution in [1.82, 2.24) is 25.0 Å². The Kier molecular flexibility index (Phi) is 2.81. The van der Waals surface area contributed by atoms with Gasteiger partial charge in [0.05, 0.1) is 11.0 Å². The van der Waals surface area contributed by atoms with Crippen molar-refractivity contribution in [2.75, 3.05) is 13.2 Å². The molecule has 8 heteroatoms. The van der Waals surface area contributed by atoms with E-state index in [0.29, 0.717) is 17.4 Å². The lowest BCUT2D eigenvalue weighted by Crippen LogP contribution is -2.55. The molecule has 2 aliphatic heterocycles. The fraction of sp³-hybridized carbons (Fsp3) is 0.200. The van der Waals surface area contributed by atoms with Crippen LogP contribution in [0.3, 0.4) is 0 Å². The molecule has 0 unspecified atom stereocenters. The lowest BCUT2D eigenvalue weighted by molar-refractivity contribution is 0.151. The number of hydrogen-bond donors (Lipinski definition) is 1. The second-order valence-corrected chi connectivity index (χ2v) is 5.17. The topological polar surface area (TPSA) is 78.1 Å². The van der Waals surface area contributed by atoms with E-state index in [1.54, 1.807) is 0 Å². The number of para-hydroxylation sites is 2. The van der Waals surface area contributed by atoms with Gasteiger partial charge in [0, 0.05) is 7.05 Å². The summed E-state index contributed by atoms with van der Waals surface area (Å²) in [7, 11) is 1.92. The number of nitrogens with zero attached hydrogens (tertiary/aromatic N) is 6. The van der Waals surface area contributed by atoms with Gasteiger partial charge in [-0.05, 0) is 12.1 Å². The molecule has 0 aliphatic carbocycles. The number of benzene rings is 1. The number of amidine groups is 1. The third-order valence-electron chi connectivity index (χ3n) is 3.82. The summed E-state index contributed by atoms with van der Waals surface area (Å²) >= 11 is 0. The van der Waals surface area contributed by atoms with Crippen molar-refractivity contribution >= 4 is 28.6 Å². The van der Waals surface area contributed by atoms with Gasteiger partial charge in [-0.2, -0.15) is 0 Å². The van der Waals surface area contributed by atoms with Crippen molar-refractivity contribution in [2.24, 2.45) is 17.1 Å². The summed E-state index contributed by atoms with van der Waals surface area (Å²) in [6, 6.07) is 7.54. The quantitative estimate of drug-likeness (QED) is 0.822. The molecule has 114 valence electrons. The van der Waals surface area contributed by atoms with Gasteiger partial charge in [0.2, 0.25) is 0 Å². The van der Waals surface area contributed by atoms with Crippen LogP contribution in [0.2, 0.25) is 0 Å². The van der Waals surface area contributed by atoms with E-state index in [2.05, 4.69) is 26.5 Å². The summed E-state index contributed by atoms with van der Waals surface area (Å²) in [5, 5.41) is 5.49. The van der Waals surface area contributed by atoms with Crippen molar-refractivity contribution in [3.63, 3.8) is 0 Å². The minimum Gasteiger partial charge on any atom is -0.326 e. The predicted molar refractivity (Wildman–Crippen MR) is 85.5 cm³/mol. The first kappa shape index (κ1) is 13.3. The third kappa shape index (κ3) is 1.87. The van der Waals surface area contributed by atoms with E-state index >= 15 is 0 Å². The van der Waals surface area contributed by atoms with Crippen LogP contribution in [0.25, 0.3) is 11.0 Å². The SMILES string of the molecule is C#CCN1NN=C2C(c3nc4ccccc4n3C)=NCN2C1=O. The maximum Gasteiger partial charge on any atom is 0.348 e. The molecule has 3 heterocycles. The molecule has 1 aromatic heterocycles. The number of aryl methyl sites for hydroxylation is 1. The van der Waals surface area contributed by atoms with Crippen LogP contribution in [0.4, 0.5) is 4.79 Å². The number of nitrogens with one attached hydrogen (secondary N) is 1. The lowest BCUT2D eigenvalue weighted by Gasteiger charge is -2.29. The predicted octanol–water partition coefficient (Wildman–Crippen LogP) is 0.522. The zero-order valence-corrected chi connectivity index (χ0v) is 12.4. The van der Waals surface area contributed by atoms with Gasteiger partial charge < -0.3 is 4.57 Å². The smallest absolute Gasteiger partial charge is 0.326 e. The number of amides is 2. The summed E-state index contributed by atoms with van der Waals surface area (Å²) in [5.74, 6) is 3.54. The molecule has 2 aromatic rings. The maximum absolute atomic E-state index is 12.3. The normalized spacial score (nSPS) is 16.8. The fourth-order valence-electron chi connectivity index (χ4n) is 2.69. The van der Waals surface area contributed by atoms with Gasteiger partial charge in [-0.25, -0.2) is 20.3 Å². The van der Waals surface area contributed by atoms with Crippen molar-refractivity contribution in [3.05, 3.63) is 30.1 Å². The van der Waals surface area contributed by atoms with Crippen molar-refractivity contribution < 1.29 is 4.79 Å². The molecule has 23 heavy (non-hydrogen) atoms. The second-order valence-electron chi connectivity index (χ2n) is 5.17. The second kappa shape index (κ2) is 4.84. The zero-order valence-electron chi connectivity index (χ0n) is 12.4. The highest BCUT2D eigenvalue weighted by molar-refractivity contribution is 6.50. The number of hydrogen-bond acceptors (Lipinski definition) is 5. The molecule has 0 radical (unpaired) electrons. The van der Waals surface area contributed by atoms with E-state index in [1.165, 1.54) is 9.91 Å². The van der Waals surface area contributed by atoms with Crippen molar-refractivity contribution in [2.45, 2.75) is 0 Å². The molecule has 0 fully saturated rings. The number of aromatic nitrogens is 2. The maximum atomic E-state index is 12.3. The first-order chi connectivity index (χ1) is 11.2. The summed E-state index contributed by atoms with van der Waals surface area (Å²) in [6.45, 7) is 0.340. The van der Waals surface area contributed by atoms with Gasteiger partial charge in [-0.1, -0.05) is 18.1 Å². The van der Waals surface area contributed by atoms with Crippen molar-refractivity contribution in [1.29, 1.82) is 0 Å². The monoisotopic (exact) mass is 307 g/mol. The molecule has 0 saturated heterocycles. The van der Waals surface area contributed by atoms with Crippen LogP contribution in [-0.4, -0.2) is 50.3 Å². The minimum atomic E-state index is -0.273. The largest absolute Gasteiger partial charge is 0.348 e. The van der Waals surface area contributed by atoms with E-state index in [1.807, 2.05) is 35.9 Å². The molecule has 0 spiro atoms. The van der Waals surface area contributed by atoms with Crippen LogP contribution in [0, 0.1) is 12.3 Å². The molecule has 2 aliphatic rings. The van der Waals surface area contributed by atoms with Gasteiger partial charge in [0.25, 0.3) is 0 Å². The highest BCUT2D eigenvalue weighted by Gasteiger charge is 2.37. The first-order valence-electron chi connectivity index (χ1n) is 7.03. The third-order valence-corrected chi connectivity index (χ3v) is 3.82. The molecule has 0 saturated carbocycles. The highest BCUT2D eigenvalue weighted by atomic mass is 16.2. The standard InChI is InChI=1S/C15H13N7O/c1-3-8-22-15(23)21-9-16-12(14(21)18-19-22)13-17-10-6-4-5-7-11(10)20(13)2/h1,4-7,19H,8-9H2,2H3. The van der Waals surface area contributed by atoms with Crippen LogP contribution >= 0.6 is 0 Å². The number of urea groups is 1. The molecule has 2 amide bonds. The molecule has 1 aromatic carbocycles. The van der Waals surface area contributed by atoms with E-state index in [9.17, 15) is 4.79 Å². The Hall–Kier alpha value is -3.34.